The van der Waals surface area contributed by atoms with Crippen molar-refractivity contribution in [1.82, 2.24) is 5.32 Å². The van der Waals surface area contributed by atoms with E-state index < -0.39 is 17.1 Å². The van der Waals surface area contributed by atoms with Crippen LogP contribution in [0, 0.1) is 24.0 Å². The average Bonchev–Trinajstić information content (AvgIpc) is 2.66. The number of anilines is 1. The van der Waals surface area contributed by atoms with E-state index in [9.17, 15) is 19.7 Å². The number of benzene rings is 2. The van der Waals surface area contributed by atoms with Gasteiger partial charge in [0.2, 0.25) is 0 Å². The third-order valence-corrected chi connectivity index (χ3v) is 3.94. The largest absolute Gasteiger partial charge is 0.444 e. The van der Waals surface area contributed by atoms with Crippen molar-refractivity contribution in [1.29, 1.82) is 0 Å². The summed E-state index contributed by atoms with van der Waals surface area (Å²) in [6.07, 6.45) is -1.43. The maximum absolute atomic E-state index is 12.1. The number of hydrogen-bond donors (Lipinski definition) is 2. The Labute approximate surface area is 161 Å². The van der Waals surface area contributed by atoms with E-state index in [4.69, 9.17) is 9.47 Å². The van der Waals surface area contributed by atoms with Crippen molar-refractivity contribution >= 4 is 23.6 Å². The van der Waals surface area contributed by atoms with Gasteiger partial charge in [0.15, 0.2) is 0 Å². The van der Waals surface area contributed by atoms with Gasteiger partial charge < -0.3 is 14.8 Å². The maximum Gasteiger partial charge on any atom is 0.411 e. The van der Waals surface area contributed by atoms with Crippen LogP contribution in [0.1, 0.15) is 22.3 Å². The van der Waals surface area contributed by atoms with E-state index >= 15 is 0 Å². The Hall–Kier alpha value is -3.62. The second kappa shape index (κ2) is 9.36. The first-order valence-electron chi connectivity index (χ1n) is 8.42. The number of hydrogen-bond acceptors (Lipinski definition) is 6. The van der Waals surface area contributed by atoms with E-state index in [2.05, 4.69) is 10.6 Å². The number of nitrogens with zero attached hydrogens (tertiary/aromatic N) is 1. The second-order valence-corrected chi connectivity index (χ2v) is 6.03. The van der Waals surface area contributed by atoms with Crippen LogP contribution in [0.4, 0.5) is 21.0 Å². The number of nitro groups is 1. The van der Waals surface area contributed by atoms with Crippen LogP contribution >= 0.6 is 0 Å². The molecule has 9 heteroatoms. The van der Waals surface area contributed by atoms with Gasteiger partial charge in [-0.05, 0) is 43.2 Å². The Bertz CT molecular complexity index is 897. The molecule has 28 heavy (non-hydrogen) atoms. The minimum absolute atomic E-state index is 0.194. The van der Waals surface area contributed by atoms with Crippen LogP contribution in [-0.4, -0.2) is 24.2 Å². The number of carbonyl (C=O) groups excluding carboxylic acids is 2. The van der Waals surface area contributed by atoms with Crippen molar-refractivity contribution in [3.8, 4) is 0 Å². The van der Waals surface area contributed by atoms with Crippen molar-refractivity contribution < 1.29 is 24.0 Å². The fourth-order valence-electron chi connectivity index (χ4n) is 2.49. The molecule has 0 aliphatic heterocycles. The van der Waals surface area contributed by atoms with Gasteiger partial charge in [-0.15, -0.1) is 0 Å². The maximum atomic E-state index is 12.1. The molecule has 2 amide bonds. The normalized spacial score (nSPS) is 10.1. The first-order valence-corrected chi connectivity index (χ1v) is 8.42. The molecule has 0 unspecified atom stereocenters. The first-order chi connectivity index (χ1) is 13.3. The van der Waals surface area contributed by atoms with Gasteiger partial charge in [0.05, 0.1) is 16.1 Å². The number of amides is 2. The molecule has 0 aromatic heterocycles. The molecular weight excluding hydrogens is 366 g/mol. The standard InChI is InChI=1S/C19H21N3O6/c1-12-7-8-13(2)16(9-12)21-19(24)28-11-15-6-4-5-14(17(15)22(25)26)10-27-18(23)20-3/h4-9H,10-11H2,1-3H3,(H,20,23)(H,21,24). The van der Waals surface area contributed by atoms with Gasteiger partial charge in [-0.3, -0.25) is 15.4 Å². The molecular formula is C19H21N3O6. The topological polar surface area (TPSA) is 120 Å². The predicted molar refractivity (Wildman–Crippen MR) is 102 cm³/mol. The third-order valence-electron chi connectivity index (χ3n) is 3.94. The SMILES string of the molecule is CNC(=O)OCc1cccc(COC(=O)Nc2cc(C)ccc2C)c1[N+](=O)[O-]. The van der Waals surface area contributed by atoms with Gasteiger partial charge in [0.25, 0.3) is 5.69 Å². The van der Waals surface area contributed by atoms with E-state index in [1.54, 1.807) is 12.1 Å². The van der Waals surface area contributed by atoms with Crippen LogP contribution in [-0.2, 0) is 22.7 Å². The number of nitro benzene ring substituents is 1. The number of aryl methyl sites for hydroxylation is 2. The van der Waals surface area contributed by atoms with Crippen LogP contribution in [0.3, 0.4) is 0 Å². The molecule has 0 fully saturated rings. The zero-order valence-corrected chi connectivity index (χ0v) is 15.8. The van der Waals surface area contributed by atoms with Crippen molar-refractivity contribution in [2.24, 2.45) is 0 Å². The molecule has 0 aliphatic rings. The van der Waals surface area contributed by atoms with E-state index in [0.29, 0.717) is 5.69 Å². The van der Waals surface area contributed by atoms with Gasteiger partial charge in [-0.25, -0.2) is 9.59 Å². The van der Waals surface area contributed by atoms with E-state index in [1.807, 2.05) is 26.0 Å². The zero-order valence-electron chi connectivity index (χ0n) is 15.8. The Kier molecular flexibility index (Phi) is 6.91. The summed E-state index contributed by atoms with van der Waals surface area (Å²) in [5, 5.41) is 16.4. The van der Waals surface area contributed by atoms with Crippen molar-refractivity contribution in [2.75, 3.05) is 12.4 Å². The van der Waals surface area contributed by atoms with Gasteiger partial charge in [-0.2, -0.15) is 0 Å². The molecule has 0 aliphatic carbocycles. The van der Waals surface area contributed by atoms with Crippen molar-refractivity contribution in [3.05, 3.63) is 68.8 Å². The average molecular weight is 387 g/mol. The van der Waals surface area contributed by atoms with Crippen molar-refractivity contribution in [3.63, 3.8) is 0 Å². The number of para-hydroxylation sites is 1. The van der Waals surface area contributed by atoms with Crippen molar-refractivity contribution in [2.45, 2.75) is 27.1 Å². The summed E-state index contributed by atoms with van der Waals surface area (Å²) in [6.45, 7) is 3.15. The molecule has 0 spiro atoms. The smallest absolute Gasteiger partial charge is 0.411 e. The molecule has 148 valence electrons. The Balaban J connectivity index is 2.10. The molecule has 2 aromatic carbocycles. The lowest BCUT2D eigenvalue weighted by molar-refractivity contribution is -0.386. The molecule has 0 saturated carbocycles. The summed E-state index contributed by atoms with van der Waals surface area (Å²) in [6, 6.07) is 10.1. The van der Waals surface area contributed by atoms with Gasteiger partial charge in [0.1, 0.15) is 13.2 Å². The summed E-state index contributed by atoms with van der Waals surface area (Å²) in [4.78, 5) is 34.2. The molecule has 2 rings (SSSR count). The predicted octanol–water partition coefficient (Wildman–Crippen LogP) is 3.82. The number of carbonyl (C=O) groups is 2. The fraction of sp³-hybridized carbons (Fsp3) is 0.263. The molecule has 0 saturated heterocycles. The summed E-state index contributed by atoms with van der Waals surface area (Å²) in [5.74, 6) is 0. The number of ether oxygens (including phenoxy) is 2. The minimum atomic E-state index is -0.727. The van der Waals surface area contributed by atoms with Gasteiger partial charge in [0, 0.05) is 12.7 Å². The van der Waals surface area contributed by atoms with Crippen LogP contribution < -0.4 is 10.6 Å². The molecule has 0 bridgehead atoms. The molecule has 9 nitrogen and oxygen atoms in total. The number of rotatable bonds is 6. The number of nitrogens with one attached hydrogen (secondary N) is 2. The summed E-state index contributed by atoms with van der Waals surface area (Å²) >= 11 is 0. The second-order valence-electron chi connectivity index (χ2n) is 6.03. The van der Waals surface area contributed by atoms with E-state index in [-0.39, 0.29) is 30.0 Å². The third kappa shape index (κ3) is 5.44. The summed E-state index contributed by atoms with van der Waals surface area (Å²) in [7, 11) is 1.38. The molecule has 2 aromatic rings. The molecule has 0 atom stereocenters. The van der Waals surface area contributed by atoms with Crippen LogP contribution in [0.5, 0.6) is 0 Å². The van der Waals surface area contributed by atoms with E-state index in [1.165, 1.54) is 19.2 Å². The highest BCUT2D eigenvalue weighted by Gasteiger charge is 2.21. The Morgan fingerprint density at radius 3 is 2.21 bits per heavy atom. The molecule has 0 radical (unpaired) electrons. The molecule has 2 N–H and O–H groups in total. The molecule has 0 heterocycles. The Morgan fingerprint density at radius 1 is 1.04 bits per heavy atom. The zero-order chi connectivity index (χ0) is 20.7. The van der Waals surface area contributed by atoms with Crippen LogP contribution in [0.15, 0.2) is 36.4 Å². The summed E-state index contributed by atoms with van der Waals surface area (Å²) in [5.41, 5.74) is 2.57. The highest BCUT2D eigenvalue weighted by atomic mass is 16.6. The number of alkyl carbamates (subject to hydrolysis) is 1. The fourth-order valence-corrected chi connectivity index (χ4v) is 2.49. The Morgan fingerprint density at radius 2 is 1.64 bits per heavy atom. The lowest BCUT2D eigenvalue weighted by Crippen LogP contribution is -2.19. The minimum Gasteiger partial charge on any atom is -0.444 e. The van der Waals surface area contributed by atoms with E-state index in [0.717, 1.165) is 11.1 Å². The highest BCUT2D eigenvalue weighted by molar-refractivity contribution is 5.85. The van der Waals surface area contributed by atoms with Crippen LogP contribution in [0.2, 0.25) is 0 Å². The lowest BCUT2D eigenvalue weighted by atomic mass is 10.1. The quantitative estimate of drug-likeness (QED) is 0.574. The highest BCUT2D eigenvalue weighted by Crippen LogP contribution is 2.26. The van der Waals surface area contributed by atoms with Crippen LogP contribution in [0.25, 0.3) is 0 Å². The summed E-state index contributed by atoms with van der Waals surface area (Å²) < 4.78 is 10.0. The van der Waals surface area contributed by atoms with Gasteiger partial charge in [-0.1, -0.05) is 18.2 Å². The van der Waals surface area contributed by atoms with Gasteiger partial charge >= 0.3 is 12.2 Å². The lowest BCUT2D eigenvalue weighted by Gasteiger charge is -2.11. The monoisotopic (exact) mass is 387 g/mol. The first kappa shape index (κ1) is 20.7.